The number of ether oxygens (including phenoxy) is 1. The van der Waals surface area contributed by atoms with E-state index in [1.165, 1.54) is 11.8 Å². The van der Waals surface area contributed by atoms with Crippen LogP contribution < -0.4 is 10.1 Å². The van der Waals surface area contributed by atoms with Crippen molar-refractivity contribution in [3.05, 3.63) is 24.3 Å². The maximum absolute atomic E-state index is 11.9. The predicted molar refractivity (Wildman–Crippen MR) is 98.7 cm³/mol. The van der Waals surface area contributed by atoms with Crippen molar-refractivity contribution in [2.45, 2.75) is 44.4 Å². The van der Waals surface area contributed by atoms with Gasteiger partial charge in [-0.1, -0.05) is 25.6 Å². The number of rotatable bonds is 8. The summed E-state index contributed by atoms with van der Waals surface area (Å²) in [5.41, 5.74) is 0.989. The van der Waals surface area contributed by atoms with Gasteiger partial charge in [0, 0.05) is 18.2 Å². The molecular formula is C18H24N4O2S. The number of benzene rings is 1. The molecule has 7 heteroatoms. The average molecular weight is 360 g/mol. The highest BCUT2D eigenvalue weighted by atomic mass is 32.2. The minimum atomic E-state index is 0.0672. The second-order valence-corrected chi connectivity index (χ2v) is 7.61. The maximum atomic E-state index is 11.9. The van der Waals surface area contributed by atoms with Gasteiger partial charge in [-0.25, -0.2) is 0 Å². The standard InChI is InChI=1S/C18H24N4O2S/c1-12(2)10-22-17(13-4-8-15(24-3)9-5-13)20-21-18(22)25-11-16(23)19-14-6-7-14/h4-5,8-9,12,14H,6-7,10-11H2,1-3H3,(H,19,23). The van der Waals surface area contributed by atoms with Gasteiger partial charge in [0.05, 0.1) is 12.9 Å². The van der Waals surface area contributed by atoms with E-state index in [0.29, 0.717) is 17.7 Å². The summed E-state index contributed by atoms with van der Waals surface area (Å²) >= 11 is 1.44. The zero-order valence-corrected chi connectivity index (χ0v) is 15.7. The van der Waals surface area contributed by atoms with E-state index in [1.54, 1.807) is 7.11 Å². The van der Waals surface area contributed by atoms with Crippen molar-refractivity contribution >= 4 is 17.7 Å². The molecular weight excluding hydrogens is 336 g/mol. The molecule has 0 unspecified atom stereocenters. The Kier molecular flexibility index (Phi) is 5.63. The van der Waals surface area contributed by atoms with Crippen molar-refractivity contribution in [1.82, 2.24) is 20.1 Å². The van der Waals surface area contributed by atoms with Crippen molar-refractivity contribution in [3.8, 4) is 17.1 Å². The second-order valence-electron chi connectivity index (χ2n) is 6.67. The molecule has 1 aromatic heterocycles. The summed E-state index contributed by atoms with van der Waals surface area (Å²) in [6, 6.07) is 8.18. The van der Waals surface area contributed by atoms with Crippen molar-refractivity contribution in [1.29, 1.82) is 0 Å². The summed E-state index contributed by atoms with van der Waals surface area (Å²) in [6.07, 6.45) is 2.20. The van der Waals surface area contributed by atoms with Crippen LogP contribution in [0, 0.1) is 5.92 Å². The molecule has 0 aliphatic heterocycles. The summed E-state index contributed by atoms with van der Waals surface area (Å²) < 4.78 is 7.31. The molecule has 6 nitrogen and oxygen atoms in total. The highest BCUT2D eigenvalue weighted by molar-refractivity contribution is 7.99. The summed E-state index contributed by atoms with van der Waals surface area (Å²) in [5, 5.41) is 12.5. The Balaban J connectivity index is 1.77. The Morgan fingerprint density at radius 2 is 2.04 bits per heavy atom. The van der Waals surface area contributed by atoms with Gasteiger partial charge >= 0.3 is 0 Å². The lowest BCUT2D eigenvalue weighted by Gasteiger charge is -2.12. The number of thioether (sulfide) groups is 1. The Labute approximate surface area is 152 Å². The van der Waals surface area contributed by atoms with Crippen molar-refractivity contribution < 1.29 is 9.53 Å². The molecule has 1 aliphatic carbocycles. The molecule has 0 spiro atoms. The first-order valence-electron chi connectivity index (χ1n) is 8.56. The lowest BCUT2D eigenvalue weighted by molar-refractivity contribution is -0.118. The summed E-state index contributed by atoms with van der Waals surface area (Å²) in [7, 11) is 1.65. The fourth-order valence-corrected chi connectivity index (χ4v) is 3.26. The average Bonchev–Trinajstić information content (AvgIpc) is 3.32. The minimum Gasteiger partial charge on any atom is -0.497 e. The van der Waals surface area contributed by atoms with Gasteiger partial charge in [0.25, 0.3) is 0 Å². The number of hydrogen-bond acceptors (Lipinski definition) is 5. The number of carbonyl (C=O) groups excluding carboxylic acids is 1. The Bertz CT molecular complexity index is 723. The van der Waals surface area contributed by atoms with Crippen LogP contribution in [-0.4, -0.2) is 39.6 Å². The number of amides is 1. The zero-order chi connectivity index (χ0) is 17.8. The topological polar surface area (TPSA) is 69.0 Å². The molecule has 1 heterocycles. The predicted octanol–water partition coefficient (Wildman–Crippen LogP) is 2.98. The third kappa shape index (κ3) is 4.75. The van der Waals surface area contributed by atoms with E-state index < -0.39 is 0 Å². The molecule has 1 N–H and O–H groups in total. The first-order chi connectivity index (χ1) is 12.1. The summed E-state index contributed by atoms with van der Waals surface area (Å²) in [4.78, 5) is 11.9. The molecule has 0 radical (unpaired) electrons. The van der Waals surface area contributed by atoms with Gasteiger partial charge in [0.1, 0.15) is 5.75 Å². The van der Waals surface area contributed by atoms with E-state index in [-0.39, 0.29) is 5.91 Å². The molecule has 1 aromatic carbocycles. The van der Waals surface area contributed by atoms with Crippen molar-refractivity contribution in [2.75, 3.05) is 12.9 Å². The van der Waals surface area contributed by atoms with Crippen LogP contribution in [0.25, 0.3) is 11.4 Å². The van der Waals surface area contributed by atoms with E-state index in [2.05, 4.69) is 33.9 Å². The van der Waals surface area contributed by atoms with Gasteiger partial charge in [-0.15, -0.1) is 10.2 Å². The van der Waals surface area contributed by atoms with E-state index >= 15 is 0 Å². The lowest BCUT2D eigenvalue weighted by atomic mass is 10.2. The number of aromatic nitrogens is 3. The van der Waals surface area contributed by atoms with Gasteiger partial charge in [-0.2, -0.15) is 0 Å². The van der Waals surface area contributed by atoms with Crippen molar-refractivity contribution in [2.24, 2.45) is 5.92 Å². The molecule has 3 rings (SSSR count). The largest absolute Gasteiger partial charge is 0.497 e. The smallest absolute Gasteiger partial charge is 0.230 e. The molecule has 1 saturated carbocycles. The van der Waals surface area contributed by atoms with Crippen LogP contribution >= 0.6 is 11.8 Å². The van der Waals surface area contributed by atoms with Crippen LogP contribution in [0.15, 0.2) is 29.4 Å². The number of hydrogen-bond donors (Lipinski definition) is 1. The fraction of sp³-hybridized carbons (Fsp3) is 0.500. The third-order valence-corrected chi connectivity index (χ3v) is 4.85. The normalized spacial score (nSPS) is 13.9. The first-order valence-corrected chi connectivity index (χ1v) is 9.55. The number of nitrogens with zero attached hydrogens (tertiary/aromatic N) is 3. The van der Waals surface area contributed by atoms with E-state index in [9.17, 15) is 4.79 Å². The van der Waals surface area contributed by atoms with E-state index in [0.717, 1.165) is 41.7 Å². The van der Waals surface area contributed by atoms with Gasteiger partial charge in [0.15, 0.2) is 11.0 Å². The van der Waals surface area contributed by atoms with E-state index in [1.807, 2.05) is 24.3 Å². The minimum absolute atomic E-state index is 0.0672. The third-order valence-electron chi connectivity index (χ3n) is 3.89. The van der Waals surface area contributed by atoms with Gasteiger partial charge in [-0.3, -0.25) is 4.79 Å². The molecule has 0 bridgehead atoms. The quantitative estimate of drug-likeness (QED) is 0.733. The molecule has 0 saturated heterocycles. The van der Waals surface area contributed by atoms with Crippen molar-refractivity contribution in [3.63, 3.8) is 0 Å². The van der Waals surface area contributed by atoms with Gasteiger partial charge in [-0.05, 0) is 43.0 Å². The lowest BCUT2D eigenvalue weighted by Crippen LogP contribution is -2.27. The van der Waals surface area contributed by atoms with Crippen LogP contribution in [0.3, 0.4) is 0 Å². The second kappa shape index (κ2) is 7.91. The maximum Gasteiger partial charge on any atom is 0.230 e. The highest BCUT2D eigenvalue weighted by Gasteiger charge is 2.23. The summed E-state index contributed by atoms with van der Waals surface area (Å²) in [5.74, 6) is 2.52. The molecule has 1 aliphatic rings. The molecule has 1 fully saturated rings. The van der Waals surface area contributed by atoms with Gasteiger partial charge < -0.3 is 14.6 Å². The van der Waals surface area contributed by atoms with Crippen LogP contribution in [0.5, 0.6) is 5.75 Å². The molecule has 0 atom stereocenters. The number of methoxy groups -OCH3 is 1. The van der Waals surface area contributed by atoms with Gasteiger partial charge in [0.2, 0.25) is 5.91 Å². The van der Waals surface area contributed by atoms with E-state index in [4.69, 9.17) is 4.74 Å². The SMILES string of the molecule is COc1ccc(-c2nnc(SCC(=O)NC3CC3)n2CC(C)C)cc1. The highest BCUT2D eigenvalue weighted by Crippen LogP contribution is 2.27. The number of nitrogens with one attached hydrogen (secondary N) is 1. The zero-order valence-electron chi connectivity index (χ0n) is 14.9. The number of carbonyl (C=O) groups is 1. The summed E-state index contributed by atoms with van der Waals surface area (Å²) in [6.45, 7) is 5.12. The van der Waals surface area contributed by atoms with Crippen LogP contribution in [-0.2, 0) is 11.3 Å². The Hall–Kier alpha value is -2.02. The van der Waals surface area contributed by atoms with Crippen LogP contribution in [0.4, 0.5) is 0 Å². The van der Waals surface area contributed by atoms with Crippen LogP contribution in [0.2, 0.25) is 0 Å². The Morgan fingerprint density at radius 1 is 1.32 bits per heavy atom. The monoisotopic (exact) mass is 360 g/mol. The van der Waals surface area contributed by atoms with Crippen LogP contribution in [0.1, 0.15) is 26.7 Å². The molecule has 134 valence electrons. The molecule has 1 amide bonds. The fourth-order valence-electron chi connectivity index (χ4n) is 2.51. The molecule has 25 heavy (non-hydrogen) atoms. The molecule has 2 aromatic rings. The Morgan fingerprint density at radius 3 is 2.64 bits per heavy atom. The first kappa shape index (κ1) is 17.8.